The van der Waals surface area contributed by atoms with Gasteiger partial charge in [-0.2, -0.15) is 5.10 Å². The lowest BCUT2D eigenvalue weighted by Gasteiger charge is -2.11. The topological polar surface area (TPSA) is 68.5 Å². The van der Waals surface area contributed by atoms with Crippen LogP contribution in [0.3, 0.4) is 0 Å². The number of aromatic nitrogens is 3. The molecule has 0 saturated heterocycles. The summed E-state index contributed by atoms with van der Waals surface area (Å²) >= 11 is 0. The molecule has 152 valence electrons. The quantitative estimate of drug-likeness (QED) is 0.533. The summed E-state index contributed by atoms with van der Waals surface area (Å²) in [5.74, 6) is 0.719. The second kappa shape index (κ2) is 8.37. The first-order valence-corrected chi connectivity index (χ1v) is 9.86. The van der Waals surface area contributed by atoms with Gasteiger partial charge < -0.3 is 10.1 Å². The van der Waals surface area contributed by atoms with Crippen LogP contribution in [0.25, 0.3) is 16.9 Å². The smallest absolute Gasteiger partial charge is 0.224 e. The van der Waals surface area contributed by atoms with Crippen LogP contribution in [0.5, 0.6) is 5.75 Å². The number of hydrogen-bond donors (Lipinski definition) is 1. The maximum atomic E-state index is 12.6. The maximum absolute atomic E-state index is 12.6. The summed E-state index contributed by atoms with van der Waals surface area (Å²) in [4.78, 5) is 17.3. The zero-order valence-corrected chi connectivity index (χ0v) is 17.3. The molecule has 4 rings (SSSR count). The first-order valence-electron chi connectivity index (χ1n) is 9.86. The Morgan fingerprint density at radius 3 is 2.63 bits per heavy atom. The summed E-state index contributed by atoms with van der Waals surface area (Å²) in [5.41, 5.74) is 6.34. The van der Waals surface area contributed by atoms with E-state index in [0.717, 1.165) is 45.2 Å². The molecule has 0 radical (unpaired) electrons. The lowest BCUT2D eigenvalue weighted by Crippen LogP contribution is -2.25. The SMILES string of the molecule is COc1cccc(CNC(=O)Cc2c(C)nc3cc(-c4ccccc4)nn3c2C)c1. The molecule has 30 heavy (non-hydrogen) atoms. The first-order chi connectivity index (χ1) is 14.5. The summed E-state index contributed by atoms with van der Waals surface area (Å²) in [7, 11) is 1.63. The lowest BCUT2D eigenvalue weighted by molar-refractivity contribution is -0.120. The van der Waals surface area contributed by atoms with Gasteiger partial charge in [0.25, 0.3) is 0 Å². The molecule has 0 saturated carbocycles. The Hall–Kier alpha value is -3.67. The number of methoxy groups -OCH3 is 1. The van der Waals surface area contributed by atoms with E-state index >= 15 is 0 Å². The second-order valence-electron chi connectivity index (χ2n) is 7.23. The van der Waals surface area contributed by atoms with E-state index in [-0.39, 0.29) is 12.3 Å². The summed E-state index contributed by atoms with van der Waals surface area (Å²) in [6, 6.07) is 19.7. The van der Waals surface area contributed by atoms with E-state index in [0.29, 0.717) is 6.54 Å². The minimum atomic E-state index is -0.0550. The van der Waals surface area contributed by atoms with Crippen LogP contribution < -0.4 is 10.1 Å². The third kappa shape index (κ3) is 4.03. The molecule has 6 heteroatoms. The minimum Gasteiger partial charge on any atom is -0.497 e. The van der Waals surface area contributed by atoms with E-state index in [1.165, 1.54) is 0 Å². The fraction of sp³-hybridized carbons (Fsp3) is 0.208. The fourth-order valence-electron chi connectivity index (χ4n) is 3.54. The largest absolute Gasteiger partial charge is 0.497 e. The fourth-order valence-corrected chi connectivity index (χ4v) is 3.54. The molecule has 0 aliphatic rings. The van der Waals surface area contributed by atoms with Crippen LogP contribution in [0.15, 0.2) is 60.7 Å². The molecule has 1 N–H and O–H groups in total. The number of carbonyl (C=O) groups is 1. The van der Waals surface area contributed by atoms with Crippen molar-refractivity contribution in [2.24, 2.45) is 0 Å². The van der Waals surface area contributed by atoms with Gasteiger partial charge in [0.05, 0.1) is 19.2 Å². The monoisotopic (exact) mass is 400 g/mol. The van der Waals surface area contributed by atoms with Gasteiger partial charge in [0.1, 0.15) is 5.75 Å². The van der Waals surface area contributed by atoms with Gasteiger partial charge in [-0.05, 0) is 31.5 Å². The molecule has 0 spiro atoms. The van der Waals surface area contributed by atoms with Crippen molar-refractivity contribution in [3.05, 3.63) is 83.2 Å². The summed E-state index contributed by atoms with van der Waals surface area (Å²) < 4.78 is 7.05. The Morgan fingerprint density at radius 2 is 1.87 bits per heavy atom. The zero-order chi connectivity index (χ0) is 21.1. The zero-order valence-electron chi connectivity index (χ0n) is 17.3. The van der Waals surface area contributed by atoms with Gasteiger partial charge in [-0.25, -0.2) is 9.50 Å². The highest BCUT2D eigenvalue weighted by atomic mass is 16.5. The number of nitrogens with one attached hydrogen (secondary N) is 1. The Bertz CT molecular complexity index is 1200. The lowest BCUT2D eigenvalue weighted by atomic mass is 10.1. The van der Waals surface area contributed by atoms with Crippen LogP contribution in [0.4, 0.5) is 0 Å². The van der Waals surface area contributed by atoms with Gasteiger partial charge in [0, 0.05) is 35.1 Å². The van der Waals surface area contributed by atoms with Crippen LogP contribution in [-0.2, 0) is 17.8 Å². The second-order valence-corrected chi connectivity index (χ2v) is 7.23. The van der Waals surface area contributed by atoms with Gasteiger partial charge in [-0.1, -0.05) is 42.5 Å². The standard InChI is InChI=1S/C24H24N4O2/c1-16-21(13-24(29)25-15-18-8-7-11-20(12-18)30-3)17(2)28-23(26-16)14-22(27-28)19-9-5-4-6-10-19/h4-12,14H,13,15H2,1-3H3,(H,25,29). The molecule has 4 aromatic rings. The van der Waals surface area contributed by atoms with Gasteiger partial charge in [-0.15, -0.1) is 0 Å². The van der Waals surface area contributed by atoms with Gasteiger partial charge in [0.15, 0.2) is 5.65 Å². The van der Waals surface area contributed by atoms with E-state index in [9.17, 15) is 4.79 Å². The molecule has 0 unspecified atom stereocenters. The van der Waals surface area contributed by atoms with E-state index < -0.39 is 0 Å². The predicted molar refractivity (Wildman–Crippen MR) is 116 cm³/mol. The third-order valence-electron chi connectivity index (χ3n) is 5.19. The highest BCUT2D eigenvalue weighted by molar-refractivity contribution is 5.79. The van der Waals surface area contributed by atoms with Crippen LogP contribution in [0, 0.1) is 13.8 Å². The average molecular weight is 400 g/mol. The first kappa shape index (κ1) is 19.6. The van der Waals surface area contributed by atoms with Gasteiger partial charge in [-0.3, -0.25) is 4.79 Å². The molecule has 0 aliphatic heterocycles. The average Bonchev–Trinajstić information content (AvgIpc) is 3.20. The number of aryl methyl sites for hydroxylation is 2. The van der Waals surface area contributed by atoms with Crippen molar-refractivity contribution >= 4 is 11.6 Å². The normalized spacial score (nSPS) is 10.9. The Kier molecular flexibility index (Phi) is 5.48. The van der Waals surface area contributed by atoms with Crippen molar-refractivity contribution in [2.45, 2.75) is 26.8 Å². The van der Waals surface area contributed by atoms with E-state index in [1.54, 1.807) is 7.11 Å². The molecule has 1 amide bonds. The number of ether oxygens (including phenoxy) is 1. The molecule has 2 heterocycles. The number of benzene rings is 2. The number of fused-ring (bicyclic) bond motifs is 1. The highest BCUT2D eigenvalue weighted by Gasteiger charge is 2.15. The highest BCUT2D eigenvalue weighted by Crippen LogP contribution is 2.22. The Morgan fingerprint density at radius 1 is 1.07 bits per heavy atom. The number of nitrogens with zero attached hydrogens (tertiary/aromatic N) is 3. The molecule has 0 bridgehead atoms. The molecular weight excluding hydrogens is 376 g/mol. The predicted octanol–water partition coefficient (Wildman–Crippen LogP) is 3.88. The molecule has 0 atom stereocenters. The third-order valence-corrected chi connectivity index (χ3v) is 5.19. The van der Waals surface area contributed by atoms with E-state index in [1.807, 2.05) is 79.0 Å². The van der Waals surface area contributed by atoms with Crippen molar-refractivity contribution in [1.82, 2.24) is 19.9 Å². The molecule has 0 fully saturated rings. The number of amides is 1. The Labute approximate surface area is 175 Å². The Balaban J connectivity index is 1.54. The molecule has 6 nitrogen and oxygen atoms in total. The van der Waals surface area contributed by atoms with Gasteiger partial charge in [0.2, 0.25) is 5.91 Å². The molecule has 0 aliphatic carbocycles. The van der Waals surface area contributed by atoms with E-state index in [2.05, 4.69) is 10.3 Å². The summed E-state index contributed by atoms with van der Waals surface area (Å²) in [5, 5.41) is 7.69. The molecular formula is C24H24N4O2. The number of hydrogen-bond acceptors (Lipinski definition) is 4. The van der Waals surface area contributed by atoms with Crippen LogP contribution in [0.1, 0.15) is 22.5 Å². The summed E-state index contributed by atoms with van der Waals surface area (Å²) in [6.07, 6.45) is 0.255. The molecule has 2 aromatic heterocycles. The van der Waals surface area contributed by atoms with Gasteiger partial charge >= 0.3 is 0 Å². The van der Waals surface area contributed by atoms with Crippen LogP contribution >= 0.6 is 0 Å². The van der Waals surface area contributed by atoms with Crippen molar-refractivity contribution in [3.8, 4) is 17.0 Å². The van der Waals surface area contributed by atoms with Crippen LogP contribution in [-0.4, -0.2) is 27.6 Å². The van der Waals surface area contributed by atoms with E-state index in [4.69, 9.17) is 9.84 Å². The summed E-state index contributed by atoms with van der Waals surface area (Å²) in [6.45, 7) is 4.37. The maximum Gasteiger partial charge on any atom is 0.224 e. The van der Waals surface area contributed by atoms with Crippen LogP contribution in [0.2, 0.25) is 0 Å². The van der Waals surface area contributed by atoms with Crippen molar-refractivity contribution in [1.29, 1.82) is 0 Å². The number of rotatable bonds is 6. The number of carbonyl (C=O) groups excluding carboxylic acids is 1. The van der Waals surface area contributed by atoms with Crippen molar-refractivity contribution < 1.29 is 9.53 Å². The molecule has 2 aromatic carbocycles. The van der Waals surface area contributed by atoms with Crippen molar-refractivity contribution in [3.63, 3.8) is 0 Å². The van der Waals surface area contributed by atoms with Crippen molar-refractivity contribution in [2.75, 3.05) is 7.11 Å². The minimum absolute atomic E-state index is 0.0550.